The first kappa shape index (κ1) is 15.0. The first-order valence-electron chi connectivity index (χ1n) is 5.40. The molecule has 104 valence electrons. The molecule has 0 aliphatic carbocycles. The van der Waals surface area contributed by atoms with Gasteiger partial charge < -0.3 is 10.2 Å². The number of likely N-dealkylation sites (N-methyl/N-ethyl adjacent to an activating group) is 1. The number of amides is 2. The molecule has 1 N–H and O–H groups in total. The van der Waals surface area contributed by atoms with Gasteiger partial charge in [0.25, 0.3) is 5.91 Å². The molecule has 0 bridgehead atoms. The summed E-state index contributed by atoms with van der Waals surface area (Å²) in [6, 6.07) is 0.278. The average molecular weight is 274 g/mol. The topological polar surface area (TPSA) is 49.4 Å². The van der Waals surface area contributed by atoms with Crippen LogP contribution in [0.3, 0.4) is 0 Å². The van der Waals surface area contributed by atoms with Gasteiger partial charge in [0, 0.05) is 19.7 Å². The molecule has 0 saturated heterocycles. The molecule has 4 nitrogen and oxygen atoms in total. The van der Waals surface area contributed by atoms with Crippen molar-refractivity contribution < 1.29 is 22.8 Å². The Hall–Kier alpha value is -2.05. The van der Waals surface area contributed by atoms with Crippen LogP contribution in [0.1, 0.15) is 17.3 Å². The maximum absolute atomic E-state index is 13.0. The maximum Gasteiger partial charge on any atom is 0.252 e. The number of hydrogen-bond donors (Lipinski definition) is 1. The van der Waals surface area contributed by atoms with E-state index in [0.29, 0.717) is 12.1 Å². The molecular formula is C12H13F3N2O2. The Kier molecular flexibility index (Phi) is 4.52. The van der Waals surface area contributed by atoms with Gasteiger partial charge in [0.05, 0.1) is 0 Å². The minimum atomic E-state index is -1.64. The molecule has 2 amide bonds. The maximum atomic E-state index is 13.0. The van der Waals surface area contributed by atoms with E-state index in [0.717, 1.165) is 0 Å². The van der Waals surface area contributed by atoms with Gasteiger partial charge in [-0.25, -0.2) is 13.2 Å². The molecule has 1 aromatic rings. The number of halogens is 3. The number of carbonyl (C=O) groups is 2. The highest BCUT2D eigenvalue weighted by Crippen LogP contribution is 2.13. The molecule has 0 heterocycles. The SMILES string of the molecule is CC(NC(=O)c1cc(F)c(F)c(F)c1)C(=O)N(C)C. The molecular weight excluding hydrogens is 261 g/mol. The van der Waals surface area contributed by atoms with Gasteiger partial charge in [-0.1, -0.05) is 0 Å². The van der Waals surface area contributed by atoms with E-state index < -0.39 is 35.0 Å². The number of nitrogens with one attached hydrogen (secondary N) is 1. The van der Waals surface area contributed by atoms with Gasteiger partial charge in [-0.05, 0) is 19.1 Å². The lowest BCUT2D eigenvalue weighted by Crippen LogP contribution is -2.44. The smallest absolute Gasteiger partial charge is 0.252 e. The second kappa shape index (κ2) is 5.73. The second-order valence-corrected chi connectivity index (χ2v) is 4.18. The summed E-state index contributed by atoms with van der Waals surface area (Å²) in [6.45, 7) is 1.43. The van der Waals surface area contributed by atoms with Crippen molar-refractivity contribution in [1.29, 1.82) is 0 Å². The summed E-state index contributed by atoms with van der Waals surface area (Å²) >= 11 is 0. The molecule has 7 heteroatoms. The highest BCUT2D eigenvalue weighted by Gasteiger charge is 2.20. The molecule has 0 aliphatic rings. The second-order valence-electron chi connectivity index (χ2n) is 4.18. The molecule has 1 atom stereocenters. The number of carbonyl (C=O) groups excluding carboxylic acids is 2. The Bertz CT molecular complexity index is 495. The zero-order chi connectivity index (χ0) is 14.7. The van der Waals surface area contributed by atoms with E-state index in [1.807, 2.05) is 0 Å². The normalized spacial score (nSPS) is 11.9. The third-order valence-corrected chi connectivity index (χ3v) is 2.40. The third kappa shape index (κ3) is 3.46. The van der Waals surface area contributed by atoms with E-state index in [1.165, 1.54) is 25.9 Å². The quantitative estimate of drug-likeness (QED) is 0.845. The van der Waals surface area contributed by atoms with Gasteiger partial charge in [0.2, 0.25) is 5.91 Å². The lowest BCUT2D eigenvalue weighted by Gasteiger charge is -2.18. The summed E-state index contributed by atoms with van der Waals surface area (Å²) in [7, 11) is 3.00. The third-order valence-electron chi connectivity index (χ3n) is 2.40. The van der Waals surface area contributed by atoms with Crippen molar-refractivity contribution in [3.8, 4) is 0 Å². The Morgan fingerprint density at radius 3 is 2.05 bits per heavy atom. The van der Waals surface area contributed by atoms with Crippen LogP contribution in [-0.4, -0.2) is 36.9 Å². The van der Waals surface area contributed by atoms with E-state index >= 15 is 0 Å². The molecule has 0 aliphatic heterocycles. The zero-order valence-corrected chi connectivity index (χ0v) is 10.6. The Balaban J connectivity index is 2.88. The van der Waals surface area contributed by atoms with Gasteiger partial charge in [0.15, 0.2) is 17.5 Å². The Morgan fingerprint density at radius 1 is 1.16 bits per heavy atom. The fourth-order valence-corrected chi connectivity index (χ4v) is 1.42. The predicted molar refractivity (Wildman–Crippen MR) is 61.9 cm³/mol. The van der Waals surface area contributed by atoms with Crippen molar-refractivity contribution in [3.63, 3.8) is 0 Å². The zero-order valence-electron chi connectivity index (χ0n) is 10.6. The van der Waals surface area contributed by atoms with Crippen molar-refractivity contribution in [1.82, 2.24) is 10.2 Å². The average Bonchev–Trinajstić information content (AvgIpc) is 2.33. The minimum absolute atomic E-state index is 0.378. The van der Waals surface area contributed by atoms with E-state index in [1.54, 1.807) is 0 Å². The van der Waals surface area contributed by atoms with Crippen LogP contribution < -0.4 is 5.32 Å². The van der Waals surface area contributed by atoms with Crippen LogP contribution in [0, 0.1) is 17.5 Å². The molecule has 0 fully saturated rings. The van der Waals surface area contributed by atoms with Crippen LogP contribution in [0.4, 0.5) is 13.2 Å². The van der Waals surface area contributed by atoms with Gasteiger partial charge in [-0.15, -0.1) is 0 Å². The standard InChI is InChI=1S/C12H13F3N2O2/c1-6(12(19)17(2)3)16-11(18)7-4-8(13)10(15)9(14)5-7/h4-6H,1-3H3,(H,16,18). The summed E-state index contributed by atoms with van der Waals surface area (Å²) in [5.74, 6) is -5.81. The van der Waals surface area contributed by atoms with Crippen LogP contribution in [0.15, 0.2) is 12.1 Å². The summed E-state index contributed by atoms with van der Waals surface area (Å²) in [6.07, 6.45) is 0. The van der Waals surface area contributed by atoms with Crippen molar-refractivity contribution in [2.45, 2.75) is 13.0 Å². The van der Waals surface area contributed by atoms with Crippen LogP contribution in [0.25, 0.3) is 0 Å². The summed E-state index contributed by atoms with van der Waals surface area (Å²) in [5, 5.41) is 2.27. The van der Waals surface area contributed by atoms with E-state index in [9.17, 15) is 22.8 Å². The van der Waals surface area contributed by atoms with Crippen LogP contribution in [-0.2, 0) is 4.79 Å². The molecule has 1 rings (SSSR count). The fraction of sp³-hybridized carbons (Fsp3) is 0.333. The van der Waals surface area contributed by atoms with E-state index in [4.69, 9.17) is 0 Å². The monoisotopic (exact) mass is 274 g/mol. The number of rotatable bonds is 3. The molecule has 0 aromatic heterocycles. The Morgan fingerprint density at radius 2 is 1.63 bits per heavy atom. The Labute approximate surface area is 108 Å². The minimum Gasteiger partial charge on any atom is -0.347 e. The highest BCUT2D eigenvalue weighted by molar-refractivity contribution is 5.97. The summed E-state index contributed by atoms with van der Waals surface area (Å²) < 4.78 is 38.6. The first-order valence-corrected chi connectivity index (χ1v) is 5.40. The van der Waals surface area contributed by atoms with Gasteiger partial charge >= 0.3 is 0 Å². The van der Waals surface area contributed by atoms with Crippen molar-refractivity contribution in [2.75, 3.05) is 14.1 Å². The van der Waals surface area contributed by atoms with Gasteiger partial charge in [-0.2, -0.15) is 0 Å². The van der Waals surface area contributed by atoms with Crippen molar-refractivity contribution >= 4 is 11.8 Å². The highest BCUT2D eigenvalue weighted by atomic mass is 19.2. The summed E-state index contributed by atoms with van der Waals surface area (Å²) in [5.41, 5.74) is -0.394. The molecule has 0 radical (unpaired) electrons. The van der Waals surface area contributed by atoms with E-state index in [-0.39, 0.29) is 5.91 Å². The van der Waals surface area contributed by atoms with Crippen LogP contribution in [0.2, 0.25) is 0 Å². The molecule has 1 aromatic carbocycles. The molecule has 1 unspecified atom stereocenters. The van der Waals surface area contributed by atoms with Crippen LogP contribution >= 0.6 is 0 Å². The molecule has 0 saturated carbocycles. The lowest BCUT2D eigenvalue weighted by molar-refractivity contribution is -0.130. The van der Waals surface area contributed by atoms with Gasteiger partial charge in [-0.3, -0.25) is 9.59 Å². The number of benzene rings is 1. The molecule has 19 heavy (non-hydrogen) atoms. The first-order chi connectivity index (χ1) is 8.73. The van der Waals surface area contributed by atoms with Crippen LogP contribution in [0.5, 0.6) is 0 Å². The number of nitrogens with zero attached hydrogens (tertiary/aromatic N) is 1. The number of hydrogen-bond acceptors (Lipinski definition) is 2. The van der Waals surface area contributed by atoms with Gasteiger partial charge in [0.1, 0.15) is 6.04 Å². The lowest BCUT2D eigenvalue weighted by atomic mass is 10.1. The largest absolute Gasteiger partial charge is 0.347 e. The van der Waals surface area contributed by atoms with E-state index in [2.05, 4.69) is 5.32 Å². The predicted octanol–water partition coefficient (Wildman–Crippen LogP) is 1.31. The van der Waals surface area contributed by atoms with Crippen molar-refractivity contribution in [3.05, 3.63) is 35.1 Å². The van der Waals surface area contributed by atoms with Crippen molar-refractivity contribution in [2.24, 2.45) is 0 Å². The molecule has 0 spiro atoms. The summed E-state index contributed by atoms with van der Waals surface area (Å²) in [4.78, 5) is 24.4. The fourth-order valence-electron chi connectivity index (χ4n) is 1.42.